The zero-order chi connectivity index (χ0) is 3.58. The minimum atomic E-state index is -2.87. The van der Waals surface area contributed by atoms with E-state index in [9.17, 15) is 0 Å². The van der Waals surface area contributed by atoms with Crippen molar-refractivity contribution in [1.82, 2.24) is 0 Å². The topological polar surface area (TPSA) is 57.5 Å². The van der Waals surface area contributed by atoms with E-state index >= 15 is 0 Å². The van der Waals surface area contributed by atoms with Crippen molar-refractivity contribution in [2.45, 2.75) is 0 Å². The Hall–Kier alpha value is 0.552. The predicted octanol–water partition coefficient (Wildman–Crippen LogP) is -0.640. The Balaban J connectivity index is -0.0000000450. The Bertz CT molecular complexity index is 33.8. The molecule has 0 aliphatic rings. The van der Waals surface area contributed by atoms with Crippen LogP contribution in [0.25, 0.3) is 0 Å². The smallest absolute Gasteiger partial charge is 0.134 e. The maximum absolute atomic E-state index is 8.70. The third kappa shape index (κ3) is 97.2. The van der Waals surface area contributed by atoms with Crippen molar-refractivity contribution in [3.63, 3.8) is 0 Å². The van der Waals surface area contributed by atoms with E-state index in [0.29, 0.717) is 0 Å². The van der Waals surface area contributed by atoms with E-state index in [1.807, 2.05) is 0 Å². The first kappa shape index (κ1) is 9.12. The van der Waals surface area contributed by atoms with Crippen LogP contribution in [0.5, 0.6) is 0 Å². The van der Waals surface area contributed by atoms with E-state index < -0.39 is 8.25 Å². The number of rotatable bonds is 0. The molecule has 0 rings (SSSR count). The van der Waals surface area contributed by atoms with E-state index in [2.05, 4.69) is 0 Å². The van der Waals surface area contributed by atoms with Gasteiger partial charge in [0.05, 0.1) is 0 Å². The molecule has 0 aliphatic heterocycles. The fourth-order valence-corrected chi connectivity index (χ4v) is 0. The summed E-state index contributed by atoms with van der Waals surface area (Å²) in [6.45, 7) is 0. The van der Waals surface area contributed by atoms with Crippen molar-refractivity contribution < 1.29 is 15.8 Å². The van der Waals surface area contributed by atoms with Gasteiger partial charge in [-0.05, 0) is 0 Å². The van der Waals surface area contributed by atoms with Crippen molar-refractivity contribution in [3.8, 4) is 0 Å². The van der Waals surface area contributed by atoms with Gasteiger partial charge in [-0.2, -0.15) is 0 Å². The molecule has 0 radical (unpaired) electrons. The van der Waals surface area contributed by atoms with E-state index in [4.69, 9.17) is 14.4 Å². The van der Waals surface area contributed by atoms with Gasteiger partial charge >= 0.3 is 27.0 Å². The molecule has 0 aromatic carbocycles. The van der Waals surface area contributed by atoms with Gasteiger partial charge in [-0.25, -0.2) is 0 Å². The normalized spacial score (nSPS) is 5.20. The molecule has 0 fully saturated rings. The van der Waals surface area contributed by atoms with Gasteiger partial charge in [0, 0.05) is 4.57 Å². The first-order chi connectivity index (χ1) is 1.73. The van der Waals surface area contributed by atoms with E-state index in [-0.39, 0.29) is 18.8 Å². The summed E-state index contributed by atoms with van der Waals surface area (Å²) >= 11 is 0. The first-order valence-corrected chi connectivity index (χ1v) is 1.75. The molecule has 2 N–H and O–H groups in total. The molecule has 0 aromatic heterocycles. The summed E-state index contributed by atoms with van der Waals surface area (Å²) in [7, 11) is -2.87. The van der Waals surface area contributed by atoms with Crippen LogP contribution >= 0.6 is 8.25 Å². The van der Waals surface area contributed by atoms with Crippen LogP contribution in [-0.2, 0) is 4.57 Å². The molecule has 0 saturated heterocycles. The molecule has 0 aromatic rings. The largest absolute Gasteiger partial charge is 3.00 e. The van der Waals surface area contributed by atoms with Gasteiger partial charge in [0.1, 0.15) is 0 Å². The Labute approximate surface area is 42.2 Å². The molecule has 0 amide bonds. The van der Waals surface area contributed by atoms with Gasteiger partial charge < -0.3 is 0 Å². The van der Waals surface area contributed by atoms with E-state index in [0.717, 1.165) is 0 Å². The zero-order valence-electron chi connectivity index (χ0n) is 3.33. The van der Waals surface area contributed by atoms with Crippen molar-refractivity contribution in [2.24, 2.45) is 0 Å². The van der Waals surface area contributed by atoms with E-state index in [1.54, 1.807) is 0 Å². The maximum atomic E-state index is 8.70. The Morgan fingerprint density at radius 2 is 1.60 bits per heavy atom. The average Bonchev–Trinajstić information content (AvgIpc) is 0.811. The van der Waals surface area contributed by atoms with Crippen LogP contribution < -0.4 is 0 Å². The van der Waals surface area contributed by atoms with Crippen molar-refractivity contribution in [2.75, 3.05) is 0 Å². The van der Waals surface area contributed by atoms with Gasteiger partial charge in [-0.3, -0.25) is 0 Å². The van der Waals surface area contributed by atoms with Crippen LogP contribution in [0.3, 0.4) is 0 Å². The summed E-state index contributed by atoms with van der Waals surface area (Å²) in [5, 5.41) is 0. The molecule has 0 unspecified atom stereocenters. The molecule has 0 heterocycles. The van der Waals surface area contributed by atoms with Gasteiger partial charge in [0.2, 0.25) is 0 Å². The molecular weight excluding hydrogens is 106 g/mol. The molecule has 0 bridgehead atoms. The SMILES string of the molecule is O=[P+](O)O.[Al+3].[H+]. The molecule has 0 saturated carbocycles. The molecule has 0 aliphatic carbocycles. The van der Waals surface area contributed by atoms with Gasteiger partial charge in [0.15, 0.2) is 0 Å². The molecular formula is H3AlO3P+5. The van der Waals surface area contributed by atoms with Gasteiger partial charge in [-0.15, -0.1) is 9.79 Å². The molecule has 0 spiro atoms. The van der Waals surface area contributed by atoms with Crippen LogP contribution in [0.2, 0.25) is 0 Å². The second-order valence-corrected chi connectivity index (χ2v) is 0.758. The monoisotopic (exact) mass is 109 g/mol. The van der Waals surface area contributed by atoms with Crippen LogP contribution in [0.4, 0.5) is 0 Å². The second-order valence-electron chi connectivity index (χ2n) is 0.253. The van der Waals surface area contributed by atoms with Crippen LogP contribution in [0.1, 0.15) is 1.43 Å². The molecule has 24 valence electrons. The number of hydrogen-bond donors (Lipinski definition) is 2. The van der Waals surface area contributed by atoms with Crippen molar-refractivity contribution in [1.29, 1.82) is 0 Å². The average molecular weight is 109 g/mol. The van der Waals surface area contributed by atoms with Gasteiger partial charge in [-0.1, -0.05) is 0 Å². The second kappa shape index (κ2) is 4.55. The van der Waals surface area contributed by atoms with Crippen LogP contribution in [0, 0.1) is 0 Å². The summed E-state index contributed by atoms with van der Waals surface area (Å²) in [4.78, 5) is 14.2. The fourth-order valence-electron chi connectivity index (χ4n) is 0. The summed E-state index contributed by atoms with van der Waals surface area (Å²) in [5.41, 5.74) is 0. The quantitative estimate of drug-likeness (QED) is 0.321. The summed E-state index contributed by atoms with van der Waals surface area (Å²) in [6, 6.07) is 0. The minimum Gasteiger partial charge on any atom is -0.134 e. The fraction of sp³-hybridized carbons (Fsp3) is 0. The van der Waals surface area contributed by atoms with Gasteiger partial charge in [0.25, 0.3) is 0 Å². The van der Waals surface area contributed by atoms with Crippen molar-refractivity contribution >= 4 is 25.6 Å². The molecule has 3 nitrogen and oxygen atoms in total. The Morgan fingerprint density at radius 3 is 1.60 bits per heavy atom. The van der Waals surface area contributed by atoms with E-state index in [1.165, 1.54) is 0 Å². The minimum absolute atomic E-state index is 0. The standard InChI is InChI=1S/Al.HO3P/c;1-4(2)3/h;(H-,1,2,3)/q+3;/p+2. The Morgan fingerprint density at radius 1 is 1.60 bits per heavy atom. The predicted molar refractivity (Wildman–Crippen MR) is 18.9 cm³/mol. The van der Waals surface area contributed by atoms with Crippen molar-refractivity contribution in [3.05, 3.63) is 0 Å². The molecule has 0 atom stereocenters. The number of hydrogen-bond acceptors (Lipinski definition) is 1. The summed E-state index contributed by atoms with van der Waals surface area (Å²) in [6.07, 6.45) is 0. The molecule has 5 heteroatoms. The first-order valence-electron chi connectivity index (χ1n) is 0.583. The maximum Gasteiger partial charge on any atom is 3.00 e. The van der Waals surface area contributed by atoms with Crippen LogP contribution in [-0.4, -0.2) is 27.1 Å². The summed E-state index contributed by atoms with van der Waals surface area (Å²) in [5.74, 6) is 0. The molecule has 5 heavy (non-hydrogen) atoms. The zero-order valence-corrected chi connectivity index (χ0v) is 4.38. The third-order valence-corrected chi connectivity index (χ3v) is 0. The Kier molecular flexibility index (Phi) is 8.30. The third-order valence-electron chi connectivity index (χ3n) is 0. The summed E-state index contributed by atoms with van der Waals surface area (Å²) < 4.78 is 8.70. The van der Waals surface area contributed by atoms with Crippen LogP contribution in [0.15, 0.2) is 0 Å².